The highest BCUT2D eigenvalue weighted by atomic mass is 16.6. The molecule has 0 amide bonds. The highest BCUT2D eigenvalue weighted by Gasteiger charge is 2.56. The zero-order valence-electron chi connectivity index (χ0n) is 13.8. The zero-order valence-corrected chi connectivity index (χ0v) is 13.8. The quantitative estimate of drug-likeness (QED) is 0.846. The van der Waals surface area contributed by atoms with Gasteiger partial charge in [-0.15, -0.1) is 0 Å². The van der Waals surface area contributed by atoms with Crippen LogP contribution in [0.5, 0.6) is 0 Å². The van der Waals surface area contributed by atoms with Crippen LogP contribution in [0.25, 0.3) is 0 Å². The average Bonchev–Trinajstić information content (AvgIpc) is 3.04. The van der Waals surface area contributed by atoms with Crippen LogP contribution in [-0.4, -0.2) is 39.0 Å². The van der Waals surface area contributed by atoms with Gasteiger partial charge in [0.25, 0.3) is 0 Å². The van der Waals surface area contributed by atoms with Crippen molar-refractivity contribution in [1.82, 2.24) is 9.78 Å². The van der Waals surface area contributed by atoms with E-state index in [-0.39, 0.29) is 30.7 Å². The van der Waals surface area contributed by atoms with Crippen molar-refractivity contribution >= 4 is 11.9 Å². The van der Waals surface area contributed by atoms with Crippen molar-refractivity contribution in [3.63, 3.8) is 0 Å². The van der Waals surface area contributed by atoms with Gasteiger partial charge in [-0.2, -0.15) is 5.10 Å². The van der Waals surface area contributed by atoms with Gasteiger partial charge in [0.2, 0.25) is 0 Å². The van der Waals surface area contributed by atoms with Crippen LogP contribution in [0.3, 0.4) is 0 Å². The lowest BCUT2D eigenvalue weighted by Crippen LogP contribution is -2.28. The van der Waals surface area contributed by atoms with Gasteiger partial charge in [-0.3, -0.25) is 4.79 Å². The van der Waals surface area contributed by atoms with Crippen molar-refractivity contribution in [2.75, 3.05) is 6.61 Å². The summed E-state index contributed by atoms with van der Waals surface area (Å²) in [5.41, 5.74) is 0.900. The third-order valence-corrected chi connectivity index (χ3v) is 4.08. The fourth-order valence-electron chi connectivity index (χ4n) is 3.20. The number of carbonyl (C=O) groups is 2. The Kier molecular flexibility index (Phi) is 3.71. The van der Waals surface area contributed by atoms with Gasteiger partial charge in [0, 0.05) is 5.56 Å². The molecule has 2 aliphatic carbocycles. The first-order valence-electron chi connectivity index (χ1n) is 7.90. The second kappa shape index (κ2) is 5.33. The molecule has 1 fully saturated rings. The third kappa shape index (κ3) is 2.85. The lowest BCUT2D eigenvalue weighted by molar-refractivity contribution is -0.155. The molecule has 7 heteroatoms. The predicted octanol–water partition coefficient (Wildman–Crippen LogP) is 1.55. The molecule has 7 nitrogen and oxygen atoms in total. The number of hydrogen-bond donors (Lipinski definition) is 1. The summed E-state index contributed by atoms with van der Waals surface area (Å²) in [7, 11) is 0. The largest absolute Gasteiger partial charge is 0.461 e. The first-order chi connectivity index (χ1) is 10.7. The molecule has 0 saturated heterocycles. The summed E-state index contributed by atoms with van der Waals surface area (Å²) < 4.78 is 11.7. The lowest BCUT2D eigenvalue weighted by atomic mass is 10.1. The Morgan fingerprint density at radius 2 is 2.09 bits per heavy atom. The van der Waals surface area contributed by atoms with E-state index in [4.69, 9.17) is 9.47 Å². The zero-order chi connectivity index (χ0) is 16.9. The molecule has 126 valence electrons. The van der Waals surface area contributed by atoms with Crippen LogP contribution < -0.4 is 0 Å². The fraction of sp³-hybridized carbons (Fsp3) is 0.688. The summed E-state index contributed by atoms with van der Waals surface area (Å²) in [6.45, 7) is 7.11. The first kappa shape index (κ1) is 16.0. The molecule has 1 aromatic heterocycles. The number of ether oxygens (including phenoxy) is 2. The predicted molar refractivity (Wildman–Crippen MR) is 79.8 cm³/mol. The van der Waals surface area contributed by atoms with Gasteiger partial charge < -0.3 is 14.6 Å². The molecule has 0 aliphatic heterocycles. The second-order valence-electron chi connectivity index (χ2n) is 7.06. The molecule has 0 spiro atoms. The third-order valence-electron chi connectivity index (χ3n) is 4.08. The van der Waals surface area contributed by atoms with Crippen LogP contribution in [0.4, 0.5) is 0 Å². The fourth-order valence-corrected chi connectivity index (χ4v) is 3.20. The highest BCUT2D eigenvalue weighted by Crippen LogP contribution is 2.62. The average molecular weight is 322 g/mol. The van der Waals surface area contributed by atoms with Gasteiger partial charge in [-0.25, -0.2) is 9.48 Å². The van der Waals surface area contributed by atoms with Crippen molar-refractivity contribution in [2.45, 2.75) is 58.3 Å². The standard InChI is InChI=1S/C16H22N2O5/c1-5-22-15(21)13-11-8-6-9(8)14(20)12(11)17-18(13)7-10(19)23-16(2,3)4/h8-9,14,20H,5-7H2,1-4H3/t8-,9+,14?/m0/s1. The van der Waals surface area contributed by atoms with Crippen LogP contribution in [0, 0.1) is 5.92 Å². The van der Waals surface area contributed by atoms with Crippen molar-refractivity contribution in [3.05, 3.63) is 17.0 Å². The van der Waals surface area contributed by atoms with Gasteiger partial charge in [-0.1, -0.05) is 0 Å². The number of hydrogen-bond acceptors (Lipinski definition) is 6. The van der Waals surface area contributed by atoms with E-state index < -0.39 is 23.6 Å². The molecule has 23 heavy (non-hydrogen) atoms. The van der Waals surface area contributed by atoms with Crippen molar-refractivity contribution in [3.8, 4) is 0 Å². The smallest absolute Gasteiger partial charge is 0.356 e. The summed E-state index contributed by atoms with van der Waals surface area (Å²) in [6, 6.07) is 0. The van der Waals surface area contributed by atoms with E-state index in [0.29, 0.717) is 5.69 Å². The number of rotatable bonds is 4. The maximum absolute atomic E-state index is 12.3. The number of aliphatic hydroxyl groups is 1. The minimum Gasteiger partial charge on any atom is -0.461 e. The topological polar surface area (TPSA) is 90.7 Å². The van der Waals surface area contributed by atoms with Crippen LogP contribution in [0.1, 0.15) is 67.9 Å². The summed E-state index contributed by atoms with van der Waals surface area (Å²) in [5.74, 6) is -0.695. The minimum atomic E-state index is -0.664. The van der Waals surface area contributed by atoms with Crippen molar-refractivity contribution < 1.29 is 24.2 Å². The van der Waals surface area contributed by atoms with E-state index in [1.807, 2.05) is 0 Å². The minimum absolute atomic E-state index is 0.145. The summed E-state index contributed by atoms with van der Waals surface area (Å²) in [6.07, 6.45) is 0.182. The first-order valence-corrected chi connectivity index (χ1v) is 7.90. The van der Waals surface area contributed by atoms with E-state index in [9.17, 15) is 14.7 Å². The maximum atomic E-state index is 12.3. The monoisotopic (exact) mass is 322 g/mol. The maximum Gasteiger partial charge on any atom is 0.356 e. The normalized spacial score (nSPS) is 24.8. The molecular weight excluding hydrogens is 300 g/mol. The Hall–Kier alpha value is -1.89. The number of esters is 2. The number of fused-ring (bicyclic) bond motifs is 3. The Morgan fingerprint density at radius 3 is 2.70 bits per heavy atom. The van der Waals surface area contributed by atoms with Gasteiger partial charge >= 0.3 is 11.9 Å². The molecule has 0 aromatic carbocycles. The molecule has 1 N–H and O–H groups in total. The molecule has 0 radical (unpaired) electrons. The summed E-state index contributed by atoms with van der Waals surface area (Å²) in [4.78, 5) is 24.4. The number of nitrogens with zero attached hydrogens (tertiary/aromatic N) is 2. The number of aromatic nitrogens is 2. The molecule has 1 saturated carbocycles. The SMILES string of the molecule is CCOC(=O)c1c2c(nn1CC(=O)OC(C)(C)C)C(O)[C@@H]1C[C@H]21. The van der Waals surface area contributed by atoms with Crippen LogP contribution in [0.2, 0.25) is 0 Å². The Morgan fingerprint density at radius 1 is 1.39 bits per heavy atom. The molecule has 3 rings (SSSR count). The molecule has 1 heterocycles. The van der Waals surface area contributed by atoms with Gasteiger partial charge in [0.15, 0.2) is 5.69 Å². The number of carbonyl (C=O) groups excluding carboxylic acids is 2. The Labute approximate surface area is 134 Å². The van der Waals surface area contributed by atoms with Gasteiger partial charge in [0.05, 0.1) is 12.3 Å². The Balaban J connectivity index is 1.91. The molecule has 1 unspecified atom stereocenters. The lowest BCUT2D eigenvalue weighted by Gasteiger charge is -2.19. The van der Waals surface area contributed by atoms with Crippen molar-refractivity contribution in [1.29, 1.82) is 0 Å². The van der Waals surface area contributed by atoms with E-state index in [0.717, 1.165) is 12.0 Å². The summed E-state index contributed by atoms with van der Waals surface area (Å²) >= 11 is 0. The van der Waals surface area contributed by atoms with E-state index >= 15 is 0 Å². The Bertz CT molecular complexity index is 658. The highest BCUT2D eigenvalue weighted by molar-refractivity contribution is 5.91. The molecular formula is C16H22N2O5. The van der Waals surface area contributed by atoms with Crippen LogP contribution in [0.15, 0.2) is 0 Å². The summed E-state index contributed by atoms with van der Waals surface area (Å²) in [5, 5.41) is 14.5. The van der Waals surface area contributed by atoms with E-state index in [1.165, 1.54) is 4.68 Å². The molecule has 3 atom stereocenters. The second-order valence-corrected chi connectivity index (χ2v) is 7.06. The molecule has 2 aliphatic rings. The molecule has 0 bridgehead atoms. The van der Waals surface area contributed by atoms with Crippen molar-refractivity contribution in [2.24, 2.45) is 5.92 Å². The molecule has 1 aromatic rings. The van der Waals surface area contributed by atoms with E-state index in [2.05, 4.69) is 5.10 Å². The van der Waals surface area contributed by atoms with Gasteiger partial charge in [0.1, 0.15) is 18.2 Å². The van der Waals surface area contributed by atoms with E-state index in [1.54, 1.807) is 27.7 Å². The van der Waals surface area contributed by atoms with Crippen LogP contribution >= 0.6 is 0 Å². The number of aliphatic hydroxyl groups excluding tert-OH is 1. The van der Waals surface area contributed by atoms with Crippen LogP contribution in [-0.2, 0) is 20.8 Å². The van der Waals surface area contributed by atoms with Gasteiger partial charge in [-0.05, 0) is 46.0 Å².